The van der Waals surface area contributed by atoms with Crippen molar-refractivity contribution in [3.63, 3.8) is 0 Å². The van der Waals surface area contributed by atoms with Crippen molar-refractivity contribution in [3.8, 4) is 0 Å². The van der Waals surface area contributed by atoms with Crippen LogP contribution < -0.4 is 41.3 Å². The van der Waals surface area contributed by atoms with Gasteiger partial charge < -0.3 is 19.6 Å². The summed E-state index contributed by atoms with van der Waals surface area (Å²) in [5.41, 5.74) is 9.96. The molecule has 4 heterocycles. The molecule has 16 aromatic rings. The first-order valence-corrected chi connectivity index (χ1v) is 33.7. The van der Waals surface area contributed by atoms with Crippen molar-refractivity contribution < 1.29 is 0 Å². The van der Waals surface area contributed by atoms with Crippen molar-refractivity contribution >= 4 is 183 Å². The number of benzene rings is 12. The number of hydrogen-bond acceptors (Lipinski definition) is 12. The number of fused-ring (bicyclic) bond motifs is 8. The zero-order valence-corrected chi connectivity index (χ0v) is 53.3. The van der Waals surface area contributed by atoms with Crippen LogP contribution in [-0.2, 0) is 0 Å². The molecular weight excluding hydrogens is 1210 g/mol. The molecule has 0 unspecified atom stereocenters. The minimum atomic E-state index is -0.0324. The van der Waals surface area contributed by atoms with Crippen LogP contribution in [0.3, 0.4) is 0 Å². The molecular formula is C80H56N4O4S4. The molecule has 0 saturated heterocycles. The van der Waals surface area contributed by atoms with E-state index in [2.05, 4.69) is 131 Å². The summed E-state index contributed by atoms with van der Waals surface area (Å²) in [6.07, 6.45) is 0. The number of nitrogens with zero attached hydrogens (tertiary/aromatic N) is 4. The van der Waals surface area contributed by atoms with Gasteiger partial charge in [0.1, 0.15) is 0 Å². The van der Waals surface area contributed by atoms with Gasteiger partial charge in [-0.15, -0.1) is 45.3 Å². The molecule has 92 heavy (non-hydrogen) atoms. The molecule has 12 aromatic carbocycles. The molecule has 444 valence electrons. The Labute approximate surface area is 545 Å². The lowest BCUT2D eigenvalue weighted by Crippen LogP contribution is -2.16. The van der Waals surface area contributed by atoms with Gasteiger partial charge in [-0.3, -0.25) is 19.2 Å². The summed E-state index contributed by atoms with van der Waals surface area (Å²) >= 11 is 6.23. The third-order valence-corrected chi connectivity index (χ3v) is 21.4. The lowest BCUT2D eigenvalue weighted by atomic mass is 10.1. The van der Waals surface area contributed by atoms with E-state index in [4.69, 9.17) is 0 Å². The van der Waals surface area contributed by atoms with E-state index in [1.807, 2.05) is 182 Å². The van der Waals surface area contributed by atoms with Gasteiger partial charge in [0.05, 0.1) is 0 Å². The van der Waals surface area contributed by atoms with Gasteiger partial charge in [0.25, 0.3) is 0 Å². The molecule has 0 bridgehead atoms. The maximum absolute atomic E-state index is 14.2. The molecule has 0 spiro atoms. The van der Waals surface area contributed by atoms with Gasteiger partial charge in [-0.25, -0.2) is 0 Å². The van der Waals surface area contributed by atoms with Crippen LogP contribution in [0.1, 0.15) is 13.8 Å². The third-order valence-electron chi connectivity index (χ3n) is 16.8. The maximum Gasteiger partial charge on any atom is 0.195 e. The summed E-state index contributed by atoms with van der Waals surface area (Å²) in [4.78, 5) is 64.9. The Bertz CT molecular complexity index is 5300. The zero-order valence-electron chi connectivity index (χ0n) is 50.0. The van der Waals surface area contributed by atoms with Crippen molar-refractivity contribution in [1.29, 1.82) is 0 Å². The number of rotatable bonds is 12. The van der Waals surface area contributed by atoms with Gasteiger partial charge in [-0.2, -0.15) is 0 Å². The molecule has 0 fully saturated rings. The molecule has 16 rings (SSSR count). The van der Waals surface area contributed by atoms with Crippen LogP contribution in [-0.4, -0.2) is 13.1 Å². The first-order valence-electron chi connectivity index (χ1n) is 30.5. The quantitative estimate of drug-likeness (QED) is 0.112. The lowest BCUT2D eigenvalue weighted by molar-refractivity contribution is 1.03. The highest BCUT2D eigenvalue weighted by molar-refractivity contribution is 7.26. The Kier molecular flexibility index (Phi) is 15.5. The molecule has 8 nitrogen and oxygen atoms in total. The summed E-state index contributed by atoms with van der Waals surface area (Å²) in [6.45, 7) is 5.80. The molecule has 0 aliphatic carbocycles. The summed E-state index contributed by atoms with van der Waals surface area (Å²) in [7, 11) is 0. The van der Waals surface area contributed by atoms with Crippen LogP contribution in [0.25, 0.3) is 80.7 Å². The van der Waals surface area contributed by atoms with Gasteiger partial charge in [0, 0.05) is 151 Å². The van der Waals surface area contributed by atoms with E-state index in [-0.39, 0.29) is 21.7 Å². The Morgan fingerprint density at radius 2 is 0.424 bits per heavy atom. The van der Waals surface area contributed by atoms with E-state index >= 15 is 0 Å². The van der Waals surface area contributed by atoms with E-state index in [1.54, 1.807) is 45.3 Å². The van der Waals surface area contributed by atoms with Crippen molar-refractivity contribution in [2.45, 2.75) is 13.8 Å². The van der Waals surface area contributed by atoms with Gasteiger partial charge in [-0.05, 0) is 184 Å². The predicted molar refractivity (Wildman–Crippen MR) is 397 cm³/mol. The van der Waals surface area contributed by atoms with Crippen molar-refractivity contribution in [2.75, 3.05) is 32.7 Å². The van der Waals surface area contributed by atoms with Crippen molar-refractivity contribution in [3.05, 3.63) is 320 Å². The number of hydrogen-bond donors (Lipinski definition) is 0. The summed E-state index contributed by atoms with van der Waals surface area (Å²) in [5.74, 6) is 0. The zero-order chi connectivity index (χ0) is 62.4. The second-order valence-corrected chi connectivity index (χ2v) is 26.6. The molecule has 0 radical (unpaired) electrons. The largest absolute Gasteiger partial charge is 0.342 e. The van der Waals surface area contributed by atoms with Crippen LogP contribution in [0.2, 0.25) is 0 Å². The van der Waals surface area contributed by atoms with E-state index < -0.39 is 0 Å². The SMILES string of the molecule is CCN(c1ccccc1)c1ccc2sc3cc4c(=O)c5cc(N(CC)c6ccccc6)ccc5sc4cc3c(=O)c2c1.O=c1c2cc(N(c3ccccc3)c3ccccc3)ccc2sc2cc3c(=O)c4cc(N(c5ccccc5)c5ccccc5)ccc4sc3cc12. The molecule has 4 aromatic heterocycles. The van der Waals surface area contributed by atoms with E-state index in [1.165, 1.54) is 0 Å². The van der Waals surface area contributed by atoms with Crippen LogP contribution in [0.15, 0.2) is 298 Å². The predicted octanol–water partition coefficient (Wildman–Crippen LogP) is 21.5. The number of anilines is 10. The fraction of sp³-hybridized carbons (Fsp3) is 0.0500. The highest BCUT2D eigenvalue weighted by Gasteiger charge is 2.20. The minimum Gasteiger partial charge on any atom is -0.342 e. The monoisotopic (exact) mass is 1260 g/mol. The Balaban J connectivity index is 0.000000155. The highest BCUT2D eigenvalue weighted by Crippen LogP contribution is 2.41. The first-order chi connectivity index (χ1) is 45.2. The second-order valence-electron chi connectivity index (χ2n) is 22.3. The van der Waals surface area contributed by atoms with Crippen LogP contribution in [0.4, 0.5) is 56.9 Å². The van der Waals surface area contributed by atoms with Gasteiger partial charge >= 0.3 is 0 Å². The Morgan fingerprint density at radius 3 is 0.663 bits per heavy atom. The molecule has 0 saturated carbocycles. The van der Waals surface area contributed by atoms with Gasteiger partial charge in [-0.1, -0.05) is 109 Å². The average molecular weight is 1270 g/mol. The van der Waals surface area contributed by atoms with Crippen LogP contribution in [0, 0.1) is 0 Å². The average Bonchev–Trinajstić information content (AvgIpc) is 0.764. The van der Waals surface area contributed by atoms with E-state index in [0.29, 0.717) is 43.1 Å². The maximum atomic E-state index is 14.2. The number of para-hydroxylation sites is 6. The Hall–Kier alpha value is -10.6. The standard InChI is InChI=1S/C44H28N2O2S2.C36H28N2O2S2/c47-43-35-25-33(45(29-13-5-1-6-14-29)30-15-7-2-8-16-30)21-23-39(35)49-41-28-38-42(27-37(41)43)50-40-24-22-34(26-36(40)44(38)48)46(31-17-9-3-10-18-31)32-19-11-4-12-20-32;1-3-37(23-11-7-5-8-12-23)25-15-17-31-27(19-25)35(39)29-21-34-30(22-33(29)41-31)36(40)28-20-26(16-18-32(28)42-34)38(4-2)24-13-9-6-10-14-24/h1-28H;5-22H,3-4H2,1-2H3. The second kappa shape index (κ2) is 24.6. The smallest absolute Gasteiger partial charge is 0.195 e. The molecule has 0 aliphatic rings. The normalized spacial score (nSPS) is 11.4. The molecule has 0 aliphatic heterocycles. The van der Waals surface area contributed by atoms with Crippen LogP contribution >= 0.6 is 45.3 Å². The van der Waals surface area contributed by atoms with E-state index in [9.17, 15) is 19.2 Å². The molecule has 0 N–H and O–H groups in total. The summed E-state index contributed by atoms with van der Waals surface area (Å²) in [6, 6.07) is 93.2. The fourth-order valence-corrected chi connectivity index (χ4v) is 16.7. The van der Waals surface area contributed by atoms with E-state index in [0.717, 1.165) is 108 Å². The highest BCUT2D eigenvalue weighted by atomic mass is 32.1. The van der Waals surface area contributed by atoms with Gasteiger partial charge in [0.2, 0.25) is 0 Å². The van der Waals surface area contributed by atoms with Gasteiger partial charge in [0.15, 0.2) is 21.7 Å². The minimum absolute atomic E-state index is 0.00292. The first kappa shape index (κ1) is 57.8. The third kappa shape index (κ3) is 10.7. The topological polar surface area (TPSA) is 81.2 Å². The fourth-order valence-electron chi connectivity index (χ4n) is 12.4. The lowest BCUT2D eigenvalue weighted by Gasteiger charge is -2.25. The Morgan fingerprint density at radius 1 is 0.217 bits per heavy atom. The van der Waals surface area contributed by atoms with Crippen LogP contribution in [0.5, 0.6) is 0 Å². The molecule has 0 atom stereocenters. The van der Waals surface area contributed by atoms with Crippen molar-refractivity contribution in [2.24, 2.45) is 0 Å². The molecule has 0 amide bonds. The molecule has 12 heteroatoms. The van der Waals surface area contributed by atoms with Crippen molar-refractivity contribution in [1.82, 2.24) is 0 Å². The summed E-state index contributed by atoms with van der Waals surface area (Å²) in [5, 5.41) is 5.31. The summed E-state index contributed by atoms with van der Waals surface area (Å²) < 4.78 is 6.88.